The average molecular weight is 691 g/mol. The highest BCUT2D eigenvalue weighted by Gasteiger charge is 2.51. The van der Waals surface area contributed by atoms with Crippen LogP contribution in [-0.4, -0.2) is 97.8 Å². The molecular weight excluding hydrogens is 652 g/mol. The minimum absolute atomic E-state index is 0.0119. The molecule has 50 heavy (non-hydrogen) atoms. The third-order valence-electron chi connectivity index (χ3n) is 8.39. The van der Waals surface area contributed by atoms with Crippen LogP contribution in [0.2, 0.25) is 0 Å². The van der Waals surface area contributed by atoms with Crippen molar-refractivity contribution in [1.29, 1.82) is 0 Å². The van der Waals surface area contributed by atoms with E-state index in [1.807, 2.05) is 55.5 Å². The van der Waals surface area contributed by atoms with Gasteiger partial charge in [-0.25, -0.2) is 14.6 Å². The van der Waals surface area contributed by atoms with E-state index in [0.29, 0.717) is 24.5 Å². The third-order valence-corrected chi connectivity index (χ3v) is 8.39. The second-order valence-corrected chi connectivity index (χ2v) is 12.5. The number of nitrogens with one attached hydrogen (secondary N) is 1. The van der Waals surface area contributed by atoms with Crippen LogP contribution >= 0.6 is 0 Å². The predicted molar refractivity (Wildman–Crippen MR) is 172 cm³/mol. The van der Waals surface area contributed by atoms with Gasteiger partial charge in [-0.3, -0.25) is 4.79 Å². The molecule has 16 heteroatoms. The van der Waals surface area contributed by atoms with Crippen LogP contribution in [0.3, 0.4) is 0 Å². The summed E-state index contributed by atoms with van der Waals surface area (Å²) in [5, 5.41) is 25.5. The number of benzene rings is 2. The van der Waals surface area contributed by atoms with Gasteiger partial charge in [0.2, 0.25) is 12.1 Å². The number of aryl methyl sites for hydroxylation is 1. The number of fused-ring (bicyclic) bond motifs is 1. The van der Waals surface area contributed by atoms with Crippen molar-refractivity contribution in [1.82, 2.24) is 30.2 Å². The van der Waals surface area contributed by atoms with Crippen LogP contribution in [0, 0.1) is 0 Å². The number of imidazole rings is 1. The maximum atomic E-state index is 13.8. The van der Waals surface area contributed by atoms with Gasteiger partial charge in [0.1, 0.15) is 29.3 Å². The zero-order valence-corrected chi connectivity index (χ0v) is 28.0. The van der Waals surface area contributed by atoms with Gasteiger partial charge < -0.3 is 38.1 Å². The van der Waals surface area contributed by atoms with Gasteiger partial charge in [0.05, 0.1) is 13.2 Å². The Hall–Kier alpha value is -5.19. The minimum Gasteiger partial charge on any atom is -0.459 e. The van der Waals surface area contributed by atoms with E-state index in [-0.39, 0.29) is 31.1 Å². The fourth-order valence-electron chi connectivity index (χ4n) is 6.13. The molecule has 2 fully saturated rings. The third kappa shape index (κ3) is 7.36. The first kappa shape index (κ1) is 34.7. The van der Waals surface area contributed by atoms with Crippen molar-refractivity contribution < 1.29 is 47.9 Å². The Morgan fingerprint density at radius 3 is 2.42 bits per heavy atom. The smallest absolute Gasteiger partial charge is 0.459 e. The molecule has 2 aromatic heterocycles. The number of ether oxygens (including phenoxy) is 6. The highest BCUT2D eigenvalue weighted by Crippen LogP contribution is 2.32. The van der Waals surface area contributed by atoms with Crippen LogP contribution in [0.15, 0.2) is 48.5 Å². The monoisotopic (exact) mass is 690 g/mol. The molecule has 6 rings (SSSR count). The minimum atomic E-state index is -1.50. The zero-order valence-electron chi connectivity index (χ0n) is 28.0. The van der Waals surface area contributed by atoms with Crippen molar-refractivity contribution in [2.24, 2.45) is 0 Å². The Morgan fingerprint density at radius 1 is 1.06 bits per heavy atom. The van der Waals surface area contributed by atoms with E-state index in [4.69, 9.17) is 28.4 Å². The van der Waals surface area contributed by atoms with Crippen molar-refractivity contribution in [3.05, 3.63) is 71.3 Å². The summed E-state index contributed by atoms with van der Waals surface area (Å²) in [6.45, 7) is 7.10. The lowest BCUT2D eigenvalue weighted by Crippen LogP contribution is -2.36. The lowest BCUT2D eigenvalue weighted by atomic mass is 9.98. The van der Waals surface area contributed by atoms with Crippen LogP contribution in [0.25, 0.3) is 22.5 Å². The number of rotatable bonds is 13. The fourth-order valence-corrected chi connectivity index (χ4v) is 6.13. The Labute approximate surface area is 287 Å². The quantitative estimate of drug-likeness (QED) is 0.0896. The SMILES string of the molecule is CCCc1nc(C(C)(C)O)c(C(=O)OC(C)OC(=O)O[C@H]2CO[C@H]3[C@@H]2OC[C@H]3OC=O)n1Cc1ccc(-c2ccccc2-c2nn[nH]n2)cc1. The normalized spacial score (nSPS) is 20.6. The molecule has 2 aliphatic rings. The first-order valence-corrected chi connectivity index (χ1v) is 16.2. The number of nitrogens with zero attached hydrogens (tertiary/aromatic N) is 5. The summed E-state index contributed by atoms with van der Waals surface area (Å²) in [4.78, 5) is 41.9. The van der Waals surface area contributed by atoms with Gasteiger partial charge >= 0.3 is 12.1 Å². The maximum absolute atomic E-state index is 13.8. The van der Waals surface area contributed by atoms with Crippen molar-refractivity contribution in [3.63, 3.8) is 0 Å². The fraction of sp³-hybridized carbons (Fsp3) is 0.441. The van der Waals surface area contributed by atoms with Crippen molar-refractivity contribution >= 4 is 18.6 Å². The Morgan fingerprint density at radius 2 is 1.76 bits per heavy atom. The van der Waals surface area contributed by atoms with Crippen molar-refractivity contribution in [2.75, 3.05) is 13.2 Å². The number of aliphatic hydroxyl groups is 1. The lowest BCUT2D eigenvalue weighted by Gasteiger charge is -2.21. The molecule has 4 aromatic rings. The Balaban J connectivity index is 1.18. The number of carbonyl (C=O) groups excluding carboxylic acids is 3. The lowest BCUT2D eigenvalue weighted by molar-refractivity contribution is -0.138. The molecule has 2 aromatic carbocycles. The van der Waals surface area contributed by atoms with Crippen LogP contribution in [0.1, 0.15) is 61.7 Å². The van der Waals surface area contributed by atoms with Gasteiger partial charge in [0, 0.05) is 25.5 Å². The summed E-state index contributed by atoms with van der Waals surface area (Å²) in [6, 6.07) is 15.5. The van der Waals surface area contributed by atoms with Gasteiger partial charge in [-0.1, -0.05) is 55.5 Å². The van der Waals surface area contributed by atoms with Crippen molar-refractivity contribution in [2.45, 2.75) is 83.4 Å². The summed E-state index contributed by atoms with van der Waals surface area (Å²) >= 11 is 0. The van der Waals surface area contributed by atoms with E-state index in [0.717, 1.165) is 28.7 Å². The summed E-state index contributed by atoms with van der Waals surface area (Å²) in [5.74, 6) is 0.213. The van der Waals surface area contributed by atoms with E-state index in [2.05, 4.69) is 25.6 Å². The topological polar surface area (TPSA) is 199 Å². The molecular formula is C34H38N6O10. The summed E-state index contributed by atoms with van der Waals surface area (Å²) in [6.07, 6.45) is -3.85. The molecule has 0 aliphatic carbocycles. The number of tetrazole rings is 1. The van der Waals surface area contributed by atoms with Gasteiger partial charge in [-0.05, 0) is 42.2 Å². The highest BCUT2D eigenvalue weighted by molar-refractivity contribution is 5.89. The molecule has 5 atom stereocenters. The van der Waals surface area contributed by atoms with Gasteiger partial charge in [0.25, 0.3) is 6.47 Å². The molecule has 0 amide bonds. The first-order valence-electron chi connectivity index (χ1n) is 16.2. The van der Waals surface area contributed by atoms with Gasteiger partial charge in [-0.15, -0.1) is 10.2 Å². The molecule has 2 saturated heterocycles. The number of aromatic amines is 1. The van der Waals surface area contributed by atoms with E-state index in [1.165, 1.54) is 20.8 Å². The molecule has 2 N–H and O–H groups in total. The summed E-state index contributed by atoms with van der Waals surface area (Å²) < 4.78 is 34.1. The molecule has 16 nitrogen and oxygen atoms in total. The van der Waals surface area contributed by atoms with Gasteiger partial charge in [0.15, 0.2) is 17.9 Å². The maximum Gasteiger partial charge on any atom is 0.511 e. The molecule has 0 radical (unpaired) electrons. The van der Waals surface area contributed by atoms with Crippen LogP contribution in [0.4, 0.5) is 4.79 Å². The molecule has 0 saturated carbocycles. The van der Waals surface area contributed by atoms with E-state index in [1.54, 1.807) is 4.57 Å². The average Bonchev–Trinajstić information content (AvgIpc) is 3.89. The number of carbonyl (C=O) groups is 3. The number of H-pyrrole nitrogens is 1. The number of esters is 1. The molecule has 1 unspecified atom stereocenters. The molecule has 2 aliphatic heterocycles. The number of aromatic nitrogens is 6. The molecule has 0 spiro atoms. The summed E-state index contributed by atoms with van der Waals surface area (Å²) in [7, 11) is 0. The number of hydrogen-bond acceptors (Lipinski definition) is 14. The van der Waals surface area contributed by atoms with Crippen LogP contribution in [0.5, 0.6) is 0 Å². The van der Waals surface area contributed by atoms with E-state index < -0.39 is 48.4 Å². The Bertz CT molecular complexity index is 1800. The zero-order chi connectivity index (χ0) is 35.4. The largest absolute Gasteiger partial charge is 0.511 e. The van der Waals surface area contributed by atoms with Gasteiger partial charge in [-0.2, -0.15) is 5.21 Å². The molecule has 4 heterocycles. The van der Waals surface area contributed by atoms with Crippen LogP contribution in [-0.2, 0) is 51.8 Å². The Kier molecular flexibility index (Phi) is 10.2. The van der Waals surface area contributed by atoms with E-state index in [9.17, 15) is 19.5 Å². The second-order valence-electron chi connectivity index (χ2n) is 12.5. The van der Waals surface area contributed by atoms with Crippen LogP contribution < -0.4 is 0 Å². The second kappa shape index (κ2) is 14.7. The molecule has 0 bridgehead atoms. The van der Waals surface area contributed by atoms with Crippen molar-refractivity contribution in [3.8, 4) is 22.5 Å². The molecule has 264 valence electrons. The first-order chi connectivity index (χ1) is 24.1. The van der Waals surface area contributed by atoms with E-state index >= 15 is 0 Å². The number of hydrogen-bond donors (Lipinski definition) is 2. The standard InChI is InChI=1S/C34H38N6O10/c1-5-8-26-35-30(34(3,4)44)27(32(42)48-19(2)49-33(43)50-25-17-46-28-24(47-18-41)16-45-29(25)28)40(26)15-20-11-13-21(14-12-20)22-9-6-7-10-23(22)31-36-38-39-37-31/h6-7,9-14,18-19,24-25,28-29,44H,5,8,15-17H2,1-4H3,(H,36,37,38,39)/t19?,24-,25+,28-,29-/m1/s1. The summed E-state index contributed by atoms with van der Waals surface area (Å²) in [5.41, 5.74) is 2.19. The highest BCUT2D eigenvalue weighted by atomic mass is 16.8. The predicted octanol–water partition coefficient (Wildman–Crippen LogP) is 3.32.